The first-order valence-corrected chi connectivity index (χ1v) is 9.16. The SMILES string of the molecule is O=C(c1ccc(N2CCCC2=O)cc1)N1CC=C(c2ccccc2)CC1. The first kappa shape index (κ1) is 16.6. The van der Waals surface area contributed by atoms with Crippen LogP contribution >= 0.6 is 0 Å². The summed E-state index contributed by atoms with van der Waals surface area (Å²) < 4.78 is 0. The topological polar surface area (TPSA) is 40.6 Å². The highest BCUT2D eigenvalue weighted by Crippen LogP contribution is 2.25. The van der Waals surface area contributed by atoms with Crippen LogP contribution in [-0.4, -0.2) is 36.3 Å². The molecule has 0 aliphatic carbocycles. The van der Waals surface area contributed by atoms with Crippen LogP contribution in [0, 0.1) is 0 Å². The largest absolute Gasteiger partial charge is 0.335 e. The lowest BCUT2D eigenvalue weighted by Gasteiger charge is -2.27. The van der Waals surface area contributed by atoms with Crippen LogP contribution < -0.4 is 4.90 Å². The van der Waals surface area contributed by atoms with E-state index in [0.29, 0.717) is 18.5 Å². The second kappa shape index (κ2) is 7.16. The number of rotatable bonds is 3. The van der Waals surface area contributed by atoms with Crippen LogP contribution in [0.4, 0.5) is 5.69 Å². The van der Waals surface area contributed by atoms with Crippen molar-refractivity contribution in [3.8, 4) is 0 Å². The van der Waals surface area contributed by atoms with Crippen molar-refractivity contribution in [2.45, 2.75) is 19.3 Å². The van der Waals surface area contributed by atoms with E-state index >= 15 is 0 Å². The average molecular weight is 346 g/mol. The molecule has 2 aromatic carbocycles. The lowest BCUT2D eigenvalue weighted by Crippen LogP contribution is -2.34. The summed E-state index contributed by atoms with van der Waals surface area (Å²) in [5.74, 6) is 0.214. The summed E-state index contributed by atoms with van der Waals surface area (Å²) in [5.41, 5.74) is 4.10. The normalized spacial score (nSPS) is 17.4. The molecular formula is C22H22N2O2. The zero-order chi connectivity index (χ0) is 17.9. The Balaban J connectivity index is 1.43. The Labute approximate surface area is 153 Å². The molecule has 4 heteroatoms. The molecule has 4 rings (SSSR count). The molecule has 4 nitrogen and oxygen atoms in total. The maximum Gasteiger partial charge on any atom is 0.254 e. The van der Waals surface area contributed by atoms with E-state index < -0.39 is 0 Å². The van der Waals surface area contributed by atoms with E-state index in [1.54, 1.807) is 4.90 Å². The quantitative estimate of drug-likeness (QED) is 0.849. The zero-order valence-corrected chi connectivity index (χ0v) is 14.7. The van der Waals surface area contributed by atoms with Gasteiger partial charge >= 0.3 is 0 Å². The standard InChI is InChI=1S/C22H22N2O2/c25-21-7-4-14-24(21)20-10-8-19(9-11-20)22(26)23-15-12-18(13-16-23)17-5-2-1-3-6-17/h1-3,5-6,8-12H,4,7,13-16H2. The number of nitrogens with zero attached hydrogens (tertiary/aromatic N) is 2. The molecule has 132 valence electrons. The molecule has 0 bridgehead atoms. The number of hydrogen-bond donors (Lipinski definition) is 0. The summed E-state index contributed by atoms with van der Waals surface area (Å²) in [6.45, 7) is 2.13. The number of amides is 2. The smallest absolute Gasteiger partial charge is 0.254 e. The van der Waals surface area contributed by atoms with E-state index in [1.165, 1.54) is 11.1 Å². The molecule has 1 saturated heterocycles. The average Bonchev–Trinajstić information content (AvgIpc) is 3.14. The van der Waals surface area contributed by atoms with Crippen molar-refractivity contribution in [1.29, 1.82) is 0 Å². The minimum Gasteiger partial charge on any atom is -0.335 e. The van der Waals surface area contributed by atoms with Gasteiger partial charge in [0.1, 0.15) is 0 Å². The number of benzene rings is 2. The second-order valence-corrected chi connectivity index (χ2v) is 6.79. The highest BCUT2D eigenvalue weighted by Gasteiger charge is 2.23. The van der Waals surface area contributed by atoms with Crippen LogP contribution in [0.15, 0.2) is 60.7 Å². The molecule has 0 spiro atoms. The van der Waals surface area contributed by atoms with Crippen LogP contribution in [0.1, 0.15) is 35.2 Å². The zero-order valence-electron chi connectivity index (χ0n) is 14.7. The lowest BCUT2D eigenvalue weighted by molar-refractivity contribution is -0.117. The van der Waals surface area contributed by atoms with E-state index in [9.17, 15) is 9.59 Å². The molecule has 0 N–H and O–H groups in total. The molecule has 0 saturated carbocycles. The summed E-state index contributed by atoms with van der Waals surface area (Å²) in [4.78, 5) is 28.3. The predicted octanol–water partition coefficient (Wildman–Crippen LogP) is 3.74. The highest BCUT2D eigenvalue weighted by molar-refractivity contribution is 5.97. The Morgan fingerprint density at radius 3 is 2.27 bits per heavy atom. The van der Waals surface area contributed by atoms with Gasteiger partial charge in [0, 0.05) is 37.3 Å². The third-order valence-electron chi connectivity index (χ3n) is 5.14. The van der Waals surface area contributed by atoms with Crippen LogP contribution in [0.3, 0.4) is 0 Å². The molecule has 2 aliphatic heterocycles. The molecule has 0 atom stereocenters. The third-order valence-corrected chi connectivity index (χ3v) is 5.14. The fourth-order valence-corrected chi connectivity index (χ4v) is 3.66. The van der Waals surface area contributed by atoms with Gasteiger partial charge in [0.05, 0.1) is 0 Å². The van der Waals surface area contributed by atoms with Crippen LogP contribution in [0.25, 0.3) is 5.57 Å². The van der Waals surface area contributed by atoms with Crippen molar-refractivity contribution in [3.63, 3.8) is 0 Å². The van der Waals surface area contributed by atoms with Crippen molar-refractivity contribution < 1.29 is 9.59 Å². The minimum absolute atomic E-state index is 0.0488. The second-order valence-electron chi connectivity index (χ2n) is 6.79. The van der Waals surface area contributed by atoms with Crippen molar-refractivity contribution in [1.82, 2.24) is 4.90 Å². The molecule has 0 aromatic heterocycles. The van der Waals surface area contributed by atoms with Gasteiger partial charge in [-0.05, 0) is 48.2 Å². The molecule has 2 heterocycles. The minimum atomic E-state index is 0.0488. The Kier molecular flexibility index (Phi) is 4.57. The summed E-state index contributed by atoms with van der Waals surface area (Å²) in [6, 6.07) is 17.8. The van der Waals surface area contributed by atoms with E-state index in [1.807, 2.05) is 47.4 Å². The monoisotopic (exact) mass is 346 g/mol. The van der Waals surface area contributed by atoms with Crippen molar-refractivity contribution in [2.75, 3.05) is 24.5 Å². The van der Waals surface area contributed by atoms with Crippen LogP contribution in [0.2, 0.25) is 0 Å². The van der Waals surface area contributed by atoms with Gasteiger partial charge in [0.15, 0.2) is 0 Å². The van der Waals surface area contributed by atoms with Gasteiger partial charge in [0.25, 0.3) is 5.91 Å². The Morgan fingerprint density at radius 2 is 1.65 bits per heavy atom. The van der Waals surface area contributed by atoms with Gasteiger partial charge in [-0.1, -0.05) is 36.4 Å². The maximum atomic E-state index is 12.8. The molecule has 0 radical (unpaired) electrons. The molecular weight excluding hydrogens is 324 g/mol. The van der Waals surface area contributed by atoms with Crippen molar-refractivity contribution >= 4 is 23.1 Å². The van der Waals surface area contributed by atoms with Crippen molar-refractivity contribution in [3.05, 3.63) is 71.8 Å². The van der Waals surface area contributed by atoms with E-state index in [2.05, 4.69) is 18.2 Å². The first-order valence-electron chi connectivity index (χ1n) is 9.16. The van der Waals surface area contributed by atoms with Gasteiger partial charge in [-0.25, -0.2) is 0 Å². The van der Waals surface area contributed by atoms with Gasteiger partial charge < -0.3 is 9.80 Å². The van der Waals surface area contributed by atoms with Gasteiger partial charge in [0.2, 0.25) is 5.91 Å². The Morgan fingerprint density at radius 1 is 0.885 bits per heavy atom. The molecule has 1 fully saturated rings. The van der Waals surface area contributed by atoms with Crippen LogP contribution in [-0.2, 0) is 4.79 Å². The molecule has 2 amide bonds. The first-order chi connectivity index (χ1) is 12.7. The number of carbonyl (C=O) groups excluding carboxylic acids is 2. The van der Waals surface area contributed by atoms with E-state index in [0.717, 1.165) is 31.6 Å². The van der Waals surface area contributed by atoms with Gasteiger partial charge in [-0.15, -0.1) is 0 Å². The van der Waals surface area contributed by atoms with E-state index in [4.69, 9.17) is 0 Å². The summed E-state index contributed by atoms with van der Waals surface area (Å²) in [7, 11) is 0. The highest BCUT2D eigenvalue weighted by atomic mass is 16.2. The molecule has 0 unspecified atom stereocenters. The summed E-state index contributed by atoms with van der Waals surface area (Å²) in [5, 5.41) is 0. The maximum absolute atomic E-state index is 12.8. The van der Waals surface area contributed by atoms with Crippen molar-refractivity contribution in [2.24, 2.45) is 0 Å². The van der Waals surface area contributed by atoms with Crippen LogP contribution in [0.5, 0.6) is 0 Å². The Bertz CT molecular complexity index is 840. The summed E-state index contributed by atoms with van der Waals surface area (Å²) >= 11 is 0. The number of carbonyl (C=O) groups is 2. The fraction of sp³-hybridized carbons (Fsp3) is 0.273. The fourth-order valence-electron chi connectivity index (χ4n) is 3.66. The molecule has 2 aromatic rings. The van der Waals surface area contributed by atoms with E-state index in [-0.39, 0.29) is 11.8 Å². The van der Waals surface area contributed by atoms with Gasteiger partial charge in [-0.3, -0.25) is 9.59 Å². The molecule has 2 aliphatic rings. The van der Waals surface area contributed by atoms with Gasteiger partial charge in [-0.2, -0.15) is 0 Å². The molecule has 26 heavy (non-hydrogen) atoms. The predicted molar refractivity (Wildman–Crippen MR) is 103 cm³/mol. The number of anilines is 1. The third kappa shape index (κ3) is 3.27. The summed E-state index contributed by atoms with van der Waals surface area (Å²) in [6.07, 6.45) is 4.54. The lowest BCUT2D eigenvalue weighted by atomic mass is 9.99. The number of hydrogen-bond acceptors (Lipinski definition) is 2. The Hall–Kier alpha value is -2.88.